The first-order valence-corrected chi connectivity index (χ1v) is 11.7. The van der Waals surface area contributed by atoms with Crippen molar-refractivity contribution >= 4 is 35.5 Å². The van der Waals surface area contributed by atoms with E-state index in [4.69, 9.17) is 4.74 Å². The maximum atomic E-state index is 12.8. The molecule has 5 nitrogen and oxygen atoms in total. The van der Waals surface area contributed by atoms with Crippen LogP contribution in [0.5, 0.6) is 0 Å². The van der Waals surface area contributed by atoms with Crippen LogP contribution in [0.15, 0.2) is 0 Å². The zero-order valence-corrected chi connectivity index (χ0v) is 18.4. The second-order valence-electron chi connectivity index (χ2n) is 8.71. The largest absolute Gasteiger partial charge is 0.444 e. The number of carbonyl (C=O) groups is 2. The highest BCUT2D eigenvalue weighted by Gasteiger charge is 2.47. The molecule has 2 atom stereocenters. The molecule has 0 aromatic heterocycles. The quantitative estimate of drug-likeness (QED) is 0.678. The third-order valence-corrected chi connectivity index (χ3v) is 7.69. The van der Waals surface area contributed by atoms with Gasteiger partial charge < -0.3 is 15.0 Å². The Balaban J connectivity index is 1.71. The molecule has 0 aromatic rings. The van der Waals surface area contributed by atoms with Gasteiger partial charge in [0.15, 0.2) is 0 Å². The van der Waals surface area contributed by atoms with Crippen molar-refractivity contribution in [2.75, 3.05) is 23.9 Å². The predicted octanol–water partition coefficient (Wildman–Crippen LogP) is 4.11. The number of rotatable bonds is 6. The van der Waals surface area contributed by atoms with Gasteiger partial charge in [-0.1, -0.05) is 0 Å². The minimum Gasteiger partial charge on any atom is -0.444 e. The second kappa shape index (κ2) is 9.09. The van der Waals surface area contributed by atoms with Crippen LogP contribution in [0.2, 0.25) is 0 Å². The van der Waals surface area contributed by atoms with Crippen molar-refractivity contribution in [1.82, 2.24) is 10.2 Å². The van der Waals surface area contributed by atoms with Gasteiger partial charge in [-0.2, -0.15) is 11.8 Å². The van der Waals surface area contributed by atoms with Crippen molar-refractivity contribution in [3.05, 3.63) is 0 Å². The van der Waals surface area contributed by atoms with E-state index in [1.165, 1.54) is 0 Å². The molecule has 2 aliphatic rings. The molecule has 7 heteroatoms. The van der Waals surface area contributed by atoms with Crippen molar-refractivity contribution in [2.24, 2.45) is 5.92 Å². The van der Waals surface area contributed by atoms with Crippen molar-refractivity contribution in [3.8, 4) is 0 Å². The van der Waals surface area contributed by atoms with Crippen molar-refractivity contribution < 1.29 is 14.3 Å². The van der Waals surface area contributed by atoms with Gasteiger partial charge in [0.2, 0.25) is 5.91 Å². The fourth-order valence-electron chi connectivity index (χ4n) is 3.52. The van der Waals surface area contributed by atoms with Gasteiger partial charge in [0.25, 0.3) is 0 Å². The Hall–Kier alpha value is -0.560. The molecule has 2 unspecified atom stereocenters. The third kappa shape index (κ3) is 6.25. The molecule has 0 aliphatic carbocycles. The number of nitrogens with zero attached hydrogens (tertiary/aromatic N) is 1. The van der Waals surface area contributed by atoms with Gasteiger partial charge in [-0.05, 0) is 60.3 Å². The minimum absolute atomic E-state index is 0.121. The Morgan fingerprint density at radius 1 is 1.31 bits per heavy atom. The van der Waals surface area contributed by atoms with E-state index in [1.807, 2.05) is 44.3 Å². The molecule has 2 amide bonds. The van der Waals surface area contributed by atoms with Crippen LogP contribution in [-0.2, 0) is 9.53 Å². The van der Waals surface area contributed by atoms with Crippen molar-refractivity contribution in [2.45, 2.75) is 76.7 Å². The van der Waals surface area contributed by atoms with Crippen LogP contribution >= 0.6 is 23.5 Å². The number of hydrogen-bond donors (Lipinski definition) is 1. The number of nitrogens with one attached hydrogen (secondary N) is 1. The van der Waals surface area contributed by atoms with Gasteiger partial charge >= 0.3 is 6.09 Å². The van der Waals surface area contributed by atoms with Gasteiger partial charge in [-0.25, -0.2) is 4.79 Å². The molecular weight excluding hydrogens is 368 g/mol. The summed E-state index contributed by atoms with van der Waals surface area (Å²) in [5.74, 6) is 1.53. The van der Waals surface area contributed by atoms with Gasteiger partial charge in [-0.3, -0.25) is 4.79 Å². The average Bonchev–Trinajstić information content (AvgIpc) is 2.83. The number of amides is 2. The van der Waals surface area contributed by atoms with Crippen LogP contribution < -0.4 is 5.32 Å². The SMILES string of the molecule is CC(C)(C)OC(=O)NCCCCCN1C(=O)C2CSCSC(C)(C)C1C2. The minimum atomic E-state index is -0.460. The standard InChI is InChI=1S/C19H34N2O3S2/c1-18(2,3)24-17(23)20-9-7-6-8-10-21-15-11-14(16(21)22)12-25-13-26-19(15,4)5/h14-15H,6-13H2,1-5H3,(H,20,23). The summed E-state index contributed by atoms with van der Waals surface area (Å²) in [7, 11) is 0. The van der Waals surface area contributed by atoms with Crippen LogP contribution in [0.4, 0.5) is 4.79 Å². The first-order chi connectivity index (χ1) is 12.1. The summed E-state index contributed by atoms with van der Waals surface area (Å²) in [6.07, 6.45) is 3.54. The fourth-order valence-corrected chi connectivity index (χ4v) is 6.43. The first-order valence-electron chi connectivity index (χ1n) is 9.59. The number of alkyl carbamates (subject to hydrolysis) is 1. The fraction of sp³-hybridized carbons (Fsp3) is 0.895. The molecule has 2 bridgehead atoms. The van der Waals surface area contributed by atoms with Crippen LogP contribution in [-0.4, -0.2) is 57.2 Å². The molecule has 0 radical (unpaired) electrons. The second-order valence-corrected chi connectivity index (χ2v) is 11.7. The molecule has 2 rings (SSSR count). The molecule has 26 heavy (non-hydrogen) atoms. The Morgan fingerprint density at radius 2 is 2.04 bits per heavy atom. The lowest BCUT2D eigenvalue weighted by Gasteiger charge is -2.37. The number of ether oxygens (including phenoxy) is 1. The van der Waals surface area contributed by atoms with Gasteiger partial charge in [0.05, 0.1) is 0 Å². The summed E-state index contributed by atoms with van der Waals surface area (Å²) < 4.78 is 5.35. The van der Waals surface area contributed by atoms with E-state index in [-0.39, 0.29) is 16.8 Å². The summed E-state index contributed by atoms with van der Waals surface area (Å²) in [5.41, 5.74) is -0.460. The topological polar surface area (TPSA) is 58.6 Å². The van der Waals surface area contributed by atoms with Gasteiger partial charge in [0.1, 0.15) is 5.60 Å². The van der Waals surface area contributed by atoms with E-state index in [0.29, 0.717) is 18.5 Å². The lowest BCUT2D eigenvalue weighted by atomic mass is 9.97. The number of carbonyl (C=O) groups excluding carboxylic acids is 2. The Morgan fingerprint density at radius 3 is 2.73 bits per heavy atom. The summed E-state index contributed by atoms with van der Waals surface area (Å²) in [6.45, 7) is 11.6. The number of fused-ring (bicyclic) bond motifs is 2. The number of thioether (sulfide) groups is 2. The van der Waals surface area contributed by atoms with E-state index >= 15 is 0 Å². The summed E-state index contributed by atoms with van der Waals surface area (Å²) in [4.78, 5) is 26.5. The summed E-state index contributed by atoms with van der Waals surface area (Å²) in [6, 6.07) is 0.353. The Kier molecular flexibility index (Phi) is 7.60. The molecule has 150 valence electrons. The van der Waals surface area contributed by atoms with E-state index in [1.54, 1.807) is 0 Å². The highest BCUT2D eigenvalue weighted by molar-refractivity contribution is 8.16. The van der Waals surface area contributed by atoms with Crippen LogP contribution in [0.25, 0.3) is 0 Å². The van der Waals surface area contributed by atoms with Gasteiger partial charge in [0, 0.05) is 40.6 Å². The van der Waals surface area contributed by atoms with Crippen LogP contribution in [0.1, 0.15) is 60.3 Å². The molecule has 0 spiro atoms. The lowest BCUT2D eigenvalue weighted by Crippen LogP contribution is -2.45. The molecule has 2 heterocycles. The highest BCUT2D eigenvalue weighted by Crippen LogP contribution is 2.44. The highest BCUT2D eigenvalue weighted by atomic mass is 32.2. The van der Waals surface area contributed by atoms with Crippen LogP contribution in [0.3, 0.4) is 0 Å². The van der Waals surface area contributed by atoms with E-state index in [0.717, 1.165) is 43.1 Å². The van der Waals surface area contributed by atoms with Gasteiger partial charge in [-0.15, -0.1) is 11.8 Å². The lowest BCUT2D eigenvalue weighted by molar-refractivity contribution is -0.131. The van der Waals surface area contributed by atoms with E-state index in [9.17, 15) is 9.59 Å². The Bertz CT molecular complexity index is 506. The molecule has 2 aliphatic heterocycles. The maximum absolute atomic E-state index is 12.8. The normalized spacial score (nSPS) is 25.6. The molecule has 2 saturated heterocycles. The van der Waals surface area contributed by atoms with E-state index < -0.39 is 5.60 Å². The van der Waals surface area contributed by atoms with Crippen molar-refractivity contribution in [1.29, 1.82) is 0 Å². The number of unbranched alkanes of at least 4 members (excludes halogenated alkanes) is 2. The zero-order valence-electron chi connectivity index (χ0n) is 16.8. The average molecular weight is 403 g/mol. The molecular formula is C19H34N2O3S2. The smallest absolute Gasteiger partial charge is 0.407 e. The molecule has 2 fully saturated rings. The maximum Gasteiger partial charge on any atom is 0.407 e. The predicted molar refractivity (Wildman–Crippen MR) is 111 cm³/mol. The third-order valence-electron chi connectivity index (χ3n) is 4.90. The first kappa shape index (κ1) is 21.7. The number of likely N-dealkylation sites (tertiary alicyclic amines) is 1. The Labute approximate surface area is 166 Å². The molecule has 1 N–H and O–H groups in total. The summed E-state index contributed by atoms with van der Waals surface area (Å²) in [5, 5.41) is 3.88. The zero-order chi connectivity index (χ0) is 19.4. The van der Waals surface area contributed by atoms with Crippen LogP contribution in [0, 0.1) is 5.92 Å². The van der Waals surface area contributed by atoms with Crippen molar-refractivity contribution in [3.63, 3.8) is 0 Å². The summed E-state index contributed by atoms with van der Waals surface area (Å²) >= 11 is 3.88. The molecule has 0 saturated carbocycles. The monoisotopic (exact) mass is 402 g/mol. The molecule has 0 aromatic carbocycles. The number of hydrogen-bond acceptors (Lipinski definition) is 5. The van der Waals surface area contributed by atoms with E-state index in [2.05, 4.69) is 24.1 Å².